The van der Waals surface area contributed by atoms with E-state index in [1.807, 2.05) is 13.8 Å². The number of amides is 1. The molecule has 1 rings (SSSR count). The molecule has 0 spiro atoms. The van der Waals surface area contributed by atoms with Gasteiger partial charge in [0.15, 0.2) is 0 Å². The second-order valence-corrected chi connectivity index (χ2v) is 3.80. The van der Waals surface area contributed by atoms with Gasteiger partial charge in [0.25, 0.3) is 5.91 Å². The van der Waals surface area contributed by atoms with E-state index < -0.39 is 5.82 Å². The summed E-state index contributed by atoms with van der Waals surface area (Å²) < 4.78 is 13.5. The van der Waals surface area contributed by atoms with Crippen LogP contribution in [0.5, 0.6) is 0 Å². The van der Waals surface area contributed by atoms with Crippen molar-refractivity contribution in [2.45, 2.75) is 20.3 Å². The van der Waals surface area contributed by atoms with Gasteiger partial charge >= 0.3 is 0 Å². The van der Waals surface area contributed by atoms with Crippen molar-refractivity contribution in [2.75, 3.05) is 25.5 Å². The largest absolute Gasteiger partial charge is 0.385 e. The maximum Gasteiger partial charge on any atom is 0.256 e. The number of halogens is 1. The number of nitrogens with zero attached hydrogens (tertiary/aromatic N) is 1. The van der Waals surface area contributed by atoms with Crippen LogP contribution in [-0.2, 0) is 0 Å². The van der Waals surface area contributed by atoms with Crippen molar-refractivity contribution in [3.63, 3.8) is 0 Å². The molecule has 0 aromatic heterocycles. The van der Waals surface area contributed by atoms with Crippen molar-refractivity contribution in [2.24, 2.45) is 0 Å². The molecular formula is C13H19FN2O. The number of nitrogens with one attached hydrogen (secondary N) is 1. The molecule has 1 aromatic carbocycles. The van der Waals surface area contributed by atoms with Gasteiger partial charge in [0.2, 0.25) is 0 Å². The first-order valence-corrected chi connectivity index (χ1v) is 5.91. The van der Waals surface area contributed by atoms with E-state index >= 15 is 0 Å². The van der Waals surface area contributed by atoms with Gasteiger partial charge in [0, 0.05) is 20.1 Å². The highest BCUT2D eigenvalue weighted by Crippen LogP contribution is 2.20. The van der Waals surface area contributed by atoms with Gasteiger partial charge in [-0.25, -0.2) is 4.39 Å². The lowest BCUT2D eigenvalue weighted by Gasteiger charge is -2.21. The quantitative estimate of drug-likeness (QED) is 0.855. The van der Waals surface area contributed by atoms with E-state index in [0.717, 1.165) is 6.42 Å². The topological polar surface area (TPSA) is 32.3 Å². The number of para-hydroxylation sites is 1. The van der Waals surface area contributed by atoms with E-state index in [0.29, 0.717) is 18.7 Å². The Morgan fingerprint density at radius 3 is 2.65 bits per heavy atom. The minimum atomic E-state index is -0.397. The van der Waals surface area contributed by atoms with Crippen LogP contribution in [0.3, 0.4) is 0 Å². The van der Waals surface area contributed by atoms with Gasteiger partial charge in [0.1, 0.15) is 5.82 Å². The molecule has 0 aliphatic rings. The summed E-state index contributed by atoms with van der Waals surface area (Å²) in [6.45, 7) is 5.26. The maximum atomic E-state index is 13.5. The van der Waals surface area contributed by atoms with Crippen molar-refractivity contribution in [3.8, 4) is 0 Å². The maximum absolute atomic E-state index is 13.5. The lowest BCUT2D eigenvalue weighted by atomic mass is 10.1. The fourth-order valence-electron chi connectivity index (χ4n) is 1.80. The summed E-state index contributed by atoms with van der Waals surface area (Å²) in [5.41, 5.74) is 0.662. The zero-order valence-electron chi connectivity index (χ0n) is 10.6. The van der Waals surface area contributed by atoms with E-state index in [2.05, 4.69) is 5.32 Å². The zero-order valence-corrected chi connectivity index (χ0v) is 10.6. The average Bonchev–Trinajstić information content (AvgIpc) is 2.34. The highest BCUT2D eigenvalue weighted by molar-refractivity contribution is 5.99. The molecule has 1 amide bonds. The Kier molecular flexibility index (Phi) is 4.94. The van der Waals surface area contributed by atoms with Crippen LogP contribution in [0.25, 0.3) is 0 Å². The van der Waals surface area contributed by atoms with Crippen molar-refractivity contribution in [1.82, 2.24) is 4.90 Å². The Balaban J connectivity index is 3.06. The lowest BCUT2D eigenvalue weighted by Crippen LogP contribution is -2.32. The van der Waals surface area contributed by atoms with E-state index in [4.69, 9.17) is 0 Å². The summed E-state index contributed by atoms with van der Waals surface area (Å²) >= 11 is 0. The van der Waals surface area contributed by atoms with Gasteiger partial charge in [0.05, 0.1) is 11.3 Å². The molecule has 0 atom stereocenters. The third-order valence-electron chi connectivity index (χ3n) is 2.66. The van der Waals surface area contributed by atoms with Crippen LogP contribution in [0.15, 0.2) is 18.2 Å². The molecule has 0 saturated heterocycles. The second-order valence-electron chi connectivity index (χ2n) is 3.80. The fraction of sp³-hybridized carbons (Fsp3) is 0.462. The SMILES string of the molecule is CCCN(CC)C(=O)c1cccc(F)c1NC. The third-order valence-corrected chi connectivity index (χ3v) is 2.66. The Morgan fingerprint density at radius 1 is 1.41 bits per heavy atom. The number of hydrogen-bond donors (Lipinski definition) is 1. The summed E-state index contributed by atoms with van der Waals surface area (Å²) in [5.74, 6) is -0.524. The van der Waals surface area contributed by atoms with Crippen LogP contribution < -0.4 is 5.32 Å². The van der Waals surface area contributed by atoms with Gasteiger partial charge in [-0.2, -0.15) is 0 Å². The molecular weight excluding hydrogens is 219 g/mol. The minimum absolute atomic E-state index is 0.127. The van der Waals surface area contributed by atoms with E-state index in [-0.39, 0.29) is 11.6 Å². The summed E-state index contributed by atoms with van der Waals surface area (Å²) in [5, 5.41) is 2.74. The minimum Gasteiger partial charge on any atom is -0.385 e. The van der Waals surface area contributed by atoms with Crippen LogP contribution in [0, 0.1) is 5.82 Å². The smallest absolute Gasteiger partial charge is 0.256 e. The molecule has 0 radical (unpaired) electrons. The van der Waals surface area contributed by atoms with Crippen LogP contribution in [0.1, 0.15) is 30.6 Å². The van der Waals surface area contributed by atoms with Crippen LogP contribution in [0.4, 0.5) is 10.1 Å². The lowest BCUT2D eigenvalue weighted by molar-refractivity contribution is 0.0765. The standard InChI is InChI=1S/C13H19FN2O/c1-4-9-16(5-2)13(17)10-7-6-8-11(14)12(10)15-3/h6-8,15H,4-5,9H2,1-3H3. The Morgan fingerprint density at radius 2 is 2.12 bits per heavy atom. The third kappa shape index (κ3) is 2.96. The molecule has 0 saturated carbocycles. The first-order valence-electron chi connectivity index (χ1n) is 5.91. The summed E-state index contributed by atoms with van der Waals surface area (Å²) in [4.78, 5) is 13.9. The van der Waals surface area contributed by atoms with Crippen LogP contribution in [0.2, 0.25) is 0 Å². The van der Waals surface area contributed by atoms with Gasteiger partial charge in [-0.05, 0) is 25.5 Å². The van der Waals surface area contributed by atoms with Crippen LogP contribution in [-0.4, -0.2) is 30.9 Å². The van der Waals surface area contributed by atoms with Crippen molar-refractivity contribution in [1.29, 1.82) is 0 Å². The molecule has 0 bridgehead atoms. The summed E-state index contributed by atoms with van der Waals surface area (Å²) in [6.07, 6.45) is 0.893. The number of rotatable bonds is 5. The van der Waals surface area contributed by atoms with Gasteiger partial charge in [-0.3, -0.25) is 4.79 Å². The van der Waals surface area contributed by atoms with Crippen molar-refractivity contribution in [3.05, 3.63) is 29.6 Å². The fourth-order valence-corrected chi connectivity index (χ4v) is 1.80. The summed E-state index contributed by atoms with van der Waals surface area (Å²) in [6, 6.07) is 4.55. The van der Waals surface area contributed by atoms with E-state index in [1.54, 1.807) is 24.1 Å². The number of benzene rings is 1. The Hall–Kier alpha value is -1.58. The molecule has 0 aliphatic heterocycles. The first-order chi connectivity index (χ1) is 8.15. The molecule has 0 unspecified atom stereocenters. The average molecular weight is 238 g/mol. The monoisotopic (exact) mass is 238 g/mol. The molecule has 17 heavy (non-hydrogen) atoms. The molecule has 4 heteroatoms. The molecule has 0 fully saturated rings. The molecule has 3 nitrogen and oxygen atoms in total. The molecule has 0 heterocycles. The summed E-state index contributed by atoms with van der Waals surface area (Å²) in [7, 11) is 1.62. The van der Waals surface area contributed by atoms with Crippen molar-refractivity contribution >= 4 is 11.6 Å². The number of carbonyl (C=O) groups excluding carboxylic acids is 1. The normalized spacial score (nSPS) is 10.1. The van der Waals surface area contributed by atoms with Crippen molar-refractivity contribution < 1.29 is 9.18 Å². The molecule has 0 aliphatic carbocycles. The molecule has 1 aromatic rings. The predicted molar refractivity (Wildman–Crippen MR) is 67.8 cm³/mol. The second kappa shape index (κ2) is 6.23. The number of hydrogen-bond acceptors (Lipinski definition) is 2. The predicted octanol–water partition coefficient (Wildman–Crippen LogP) is 2.74. The van der Waals surface area contributed by atoms with Crippen LogP contribution >= 0.6 is 0 Å². The van der Waals surface area contributed by atoms with E-state index in [9.17, 15) is 9.18 Å². The molecule has 94 valence electrons. The van der Waals surface area contributed by atoms with Gasteiger partial charge in [-0.15, -0.1) is 0 Å². The first kappa shape index (κ1) is 13.5. The number of carbonyl (C=O) groups is 1. The highest BCUT2D eigenvalue weighted by atomic mass is 19.1. The number of anilines is 1. The highest BCUT2D eigenvalue weighted by Gasteiger charge is 2.18. The van der Waals surface area contributed by atoms with Gasteiger partial charge in [-0.1, -0.05) is 13.0 Å². The molecule has 1 N–H and O–H groups in total. The zero-order chi connectivity index (χ0) is 12.8. The van der Waals surface area contributed by atoms with Gasteiger partial charge < -0.3 is 10.2 Å². The van der Waals surface area contributed by atoms with E-state index in [1.165, 1.54) is 6.07 Å². The Labute approximate surface area is 102 Å². The Bertz CT molecular complexity index is 393.